The Morgan fingerprint density at radius 2 is 1.96 bits per heavy atom. The number of carbonyl (C=O) groups excluding carboxylic acids is 1. The zero-order valence-corrected chi connectivity index (χ0v) is 14.3. The van der Waals surface area contributed by atoms with Crippen molar-refractivity contribution in [2.75, 3.05) is 5.32 Å². The molecule has 0 saturated heterocycles. The molecular formula is C17H18FN7O. The second kappa shape index (κ2) is 7.26. The van der Waals surface area contributed by atoms with Gasteiger partial charge in [0.05, 0.1) is 12.0 Å². The minimum Gasteiger partial charge on any atom is -0.369 e. The van der Waals surface area contributed by atoms with E-state index in [-0.39, 0.29) is 24.0 Å². The van der Waals surface area contributed by atoms with Gasteiger partial charge in [0.25, 0.3) is 0 Å². The van der Waals surface area contributed by atoms with E-state index in [0.29, 0.717) is 17.3 Å². The van der Waals surface area contributed by atoms with E-state index in [2.05, 4.69) is 25.4 Å². The first-order chi connectivity index (χ1) is 12.4. The number of nitrogens with two attached hydrogens (primary N) is 1. The number of hydrogen-bond acceptors (Lipinski definition) is 6. The molecule has 3 rings (SSSR count). The summed E-state index contributed by atoms with van der Waals surface area (Å²) >= 11 is 0. The number of nitrogens with zero attached hydrogens (tertiary/aromatic N) is 5. The summed E-state index contributed by atoms with van der Waals surface area (Å²) in [6, 6.07) is 6.33. The highest BCUT2D eigenvalue weighted by atomic mass is 19.1. The summed E-state index contributed by atoms with van der Waals surface area (Å²) in [5.74, 6) is -0.0566. The smallest absolute Gasteiger partial charge is 0.225 e. The topological polar surface area (TPSA) is 112 Å². The number of para-hydroxylation sites is 1. The lowest BCUT2D eigenvalue weighted by molar-refractivity contribution is -0.117. The fraction of sp³-hybridized carbons (Fsp3) is 0.235. The number of benzene rings is 1. The number of halogens is 1. The van der Waals surface area contributed by atoms with Gasteiger partial charge >= 0.3 is 0 Å². The summed E-state index contributed by atoms with van der Waals surface area (Å²) in [7, 11) is 0. The van der Waals surface area contributed by atoms with E-state index in [4.69, 9.17) is 5.73 Å². The summed E-state index contributed by atoms with van der Waals surface area (Å²) in [5, 5.41) is 7.31. The Labute approximate surface area is 149 Å². The first-order valence-electron chi connectivity index (χ1n) is 8.02. The molecule has 0 fully saturated rings. The van der Waals surface area contributed by atoms with Crippen LogP contribution < -0.4 is 11.1 Å². The molecule has 3 N–H and O–H groups in total. The average molecular weight is 355 g/mol. The molecule has 2 aromatic heterocycles. The molecule has 1 amide bonds. The van der Waals surface area contributed by atoms with Gasteiger partial charge in [-0.25, -0.2) is 24.0 Å². The Bertz CT molecular complexity index is 921. The molecule has 26 heavy (non-hydrogen) atoms. The van der Waals surface area contributed by atoms with Crippen LogP contribution in [0.25, 0.3) is 17.1 Å². The van der Waals surface area contributed by atoms with Crippen LogP contribution in [0.1, 0.15) is 19.7 Å². The Morgan fingerprint density at radius 3 is 2.58 bits per heavy atom. The molecule has 0 aliphatic heterocycles. The van der Waals surface area contributed by atoms with Gasteiger partial charge < -0.3 is 11.1 Å². The number of amides is 1. The number of anilines is 1. The van der Waals surface area contributed by atoms with E-state index in [1.807, 2.05) is 13.8 Å². The normalized spacial score (nSPS) is 10.9. The van der Waals surface area contributed by atoms with Gasteiger partial charge in [-0.1, -0.05) is 12.1 Å². The third-order valence-electron chi connectivity index (χ3n) is 3.39. The molecule has 0 spiro atoms. The van der Waals surface area contributed by atoms with Crippen molar-refractivity contribution in [2.45, 2.75) is 26.3 Å². The fourth-order valence-electron chi connectivity index (χ4n) is 2.34. The first kappa shape index (κ1) is 17.5. The highest BCUT2D eigenvalue weighted by Crippen LogP contribution is 2.22. The standard InChI is InChI=1S/C17H18FN7O/c1-10(2)22-17-20-8-11(9-21-17)16-23-15(7-14(19)26)24-25(16)13-6-4-3-5-12(13)18/h3-6,8-10H,7H2,1-2H3,(H2,19,26)(H,20,21,22). The van der Waals surface area contributed by atoms with Gasteiger partial charge in [0.1, 0.15) is 11.5 Å². The minimum absolute atomic E-state index is 0.150. The van der Waals surface area contributed by atoms with Crippen LogP contribution >= 0.6 is 0 Å². The highest BCUT2D eigenvalue weighted by Gasteiger charge is 2.18. The van der Waals surface area contributed by atoms with Crippen molar-refractivity contribution in [3.05, 3.63) is 48.3 Å². The van der Waals surface area contributed by atoms with Crippen molar-refractivity contribution >= 4 is 11.9 Å². The molecule has 9 heteroatoms. The van der Waals surface area contributed by atoms with Gasteiger partial charge in [-0.15, -0.1) is 0 Å². The van der Waals surface area contributed by atoms with E-state index < -0.39 is 11.7 Å². The van der Waals surface area contributed by atoms with Crippen LogP contribution in [0.5, 0.6) is 0 Å². The van der Waals surface area contributed by atoms with Crippen molar-refractivity contribution in [3.8, 4) is 17.1 Å². The van der Waals surface area contributed by atoms with Crippen LogP contribution in [0.4, 0.5) is 10.3 Å². The maximum absolute atomic E-state index is 14.2. The lowest BCUT2D eigenvalue weighted by Gasteiger charge is -2.09. The molecule has 2 heterocycles. The van der Waals surface area contributed by atoms with Crippen LogP contribution in [0.15, 0.2) is 36.7 Å². The third kappa shape index (κ3) is 3.82. The van der Waals surface area contributed by atoms with Crippen molar-refractivity contribution in [1.82, 2.24) is 24.7 Å². The fourth-order valence-corrected chi connectivity index (χ4v) is 2.34. The molecular weight excluding hydrogens is 337 g/mol. The van der Waals surface area contributed by atoms with Crippen molar-refractivity contribution in [1.29, 1.82) is 0 Å². The lowest BCUT2D eigenvalue weighted by Crippen LogP contribution is -2.14. The van der Waals surface area contributed by atoms with Crippen LogP contribution in [0.3, 0.4) is 0 Å². The quantitative estimate of drug-likeness (QED) is 0.696. The second-order valence-electron chi connectivity index (χ2n) is 5.95. The Balaban J connectivity index is 2.06. The predicted octanol–water partition coefficient (Wildman–Crippen LogP) is 1.71. The molecule has 134 valence electrons. The zero-order valence-electron chi connectivity index (χ0n) is 14.3. The van der Waals surface area contributed by atoms with E-state index in [0.717, 1.165) is 0 Å². The summed E-state index contributed by atoms with van der Waals surface area (Å²) in [5.41, 5.74) is 5.96. The number of aromatic nitrogens is 5. The molecule has 8 nitrogen and oxygen atoms in total. The van der Waals surface area contributed by atoms with Gasteiger partial charge in [-0.2, -0.15) is 5.10 Å². The van der Waals surface area contributed by atoms with Crippen LogP contribution in [-0.4, -0.2) is 36.7 Å². The number of hydrogen-bond donors (Lipinski definition) is 2. The van der Waals surface area contributed by atoms with Gasteiger partial charge in [-0.3, -0.25) is 4.79 Å². The third-order valence-corrected chi connectivity index (χ3v) is 3.39. The number of carbonyl (C=O) groups is 1. The van der Waals surface area contributed by atoms with Gasteiger partial charge in [0, 0.05) is 18.4 Å². The molecule has 0 bridgehead atoms. The average Bonchev–Trinajstić information content (AvgIpc) is 2.98. The maximum atomic E-state index is 14.2. The summed E-state index contributed by atoms with van der Waals surface area (Å²) in [6.07, 6.45) is 2.97. The van der Waals surface area contributed by atoms with Gasteiger partial charge in [0.15, 0.2) is 11.6 Å². The maximum Gasteiger partial charge on any atom is 0.225 e. The molecule has 3 aromatic rings. The zero-order chi connectivity index (χ0) is 18.7. The summed E-state index contributed by atoms with van der Waals surface area (Å²) < 4.78 is 15.6. The van der Waals surface area contributed by atoms with Crippen LogP contribution in [-0.2, 0) is 11.2 Å². The first-order valence-corrected chi connectivity index (χ1v) is 8.02. The lowest BCUT2D eigenvalue weighted by atomic mass is 10.2. The molecule has 1 aromatic carbocycles. The van der Waals surface area contributed by atoms with Crippen molar-refractivity contribution in [3.63, 3.8) is 0 Å². The SMILES string of the molecule is CC(C)Nc1ncc(-c2nc(CC(N)=O)nn2-c2ccccc2F)cn1. The monoisotopic (exact) mass is 355 g/mol. The van der Waals surface area contributed by atoms with E-state index in [1.165, 1.54) is 10.7 Å². The van der Waals surface area contributed by atoms with E-state index in [9.17, 15) is 9.18 Å². The van der Waals surface area contributed by atoms with Crippen molar-refractivity contribution < 1.29 is 9.18 Å². The second-order valence-corrected chi connectivity index (χ2v) is 5.95. The van der Waals surface area contributed by atoms with Crippen LogP contribution in [0, 0.1) is 5.82 Å². The highest BCUT2D eigenvalue weighted by molar-refractivity contribution is 5.75. The summed E-state index contributed by atoms with van der Waals surface area (Å²) in [4.78, 5) is 24.0. The van der Waals surface area contributed by atoms with Crippen LogP contribution in [0.2, 0.25) is 0 Å². The molecule has 0 atom stereocenters. The molecule has 0 saturated carbocycles. The largest absolute Gasteiger partial charge is 0.369 e. The molecule has 0 unspecified atom stereocenters. The Hall–Kier alpha value is -3.36. The van der Waals surface area contributed by atoms with E-state index >= 15 is 0 Å². The summed E-state index contributed by atoms with van der Waals surface area (Å²) in [6.45, 7) is 3.95. The Morgan fingerprint density at radius 1 is 1.27 bits per heavy atom. The minimum atomic E-state index is -0.574. The Kier molecular flexibility index (Phi) is 4.87. The van der Waals surface area contributed by atoms with Gasteiger partial charge in [0.2, 0.25) is 11.9 Å². The van der Waals surface area contributed by atoms with E-state index in [1.54, 1.807) is 30.6 Å². The molecule has 0 aliphatic carbocycles. The molecule has 0 radical (unpaired) electrons. The number of nitrogens with one attached hydrogen (secondary N) is 1. The number of primary amides is 1. The van der Waals surface area contributed by atoms with Crippen molar-refractivity contribution in [2.24, 2.45) is 5.73 Å². The molecule has 0 aliphatic rings. The number of rotatable bonds is 6. The van der Waals surface area contributed by atoms with Gasteiger partial charge in [-0.05, 0) is 26.0 Å². The predicted molar refractivity (Wildman–Crippen MR) is 94.0 cm³/mol.